The Kier molecular flexibility index (Phi) is 5.99. The van der Waals surface area contributed by atoms with Crippen molar-refractivity contribution in [2.75, 3.05) is 7.11 Å². The van der Waals surface area contributed by atoms with Crippen molar-refractivity contribution in [2.24, 2.45) is 0 Å². The monoisotopic (exact) mass is 443 g/mol. The summed E-state index contributed by atoms with van der Waals surface area (Å²) in [6, 6.07) is 11.7. The highest BCUT2D eigenvalue weighted by molar-refractivity contribution is 7.12. The zero-order valence-electron chi connectivity index (χ0n) is 16.6. The van der Waals surface area contributed by atoms with Crippen molar-refractivity contribution in [3.63, 3.8) is 0 Å². The van der Waals surface area contributed by atoms with Gasteiger partial charge in [-0.1, -0.05) is 24.3 Å². The molecule has 2 heterocycles. The molecule has 31 heavy (non-hydrogen) atoms. The normalized spacial score (nSPS) is 15.3. The highest BCUT2D eigenvalue weighted by Crippen LogP contribution is 2.28. The van der Waals surface area contributed by atoms with Gasteiger partial charge in [0.15, 0.2) is 11.6 Å². The van der Waals surface area contributed by atoms with Gasteiger partial charge in [0, 0.05) is 24.6 Å². The predicted octanol–water partition coefficient (Wildman–Crippen LogP) is 4.35. The van der Waals surface area contributed by atoms with E-state index in [0.29, 0.717) is 23.4 Å². The molecule has 0 aliphatic carbocycles. The molecule has 0 saturated carbocycles. The van der Waals surface area contributed by atoms with Gasteiger partial charge in [0.2, 0.25) is 0 Å². The molecule has 8 heteroatoms. The quantitative estimate of drug-likeness (QED) is 0.551. The third-order valence-electron chi connectivity index (χ3n) is 5.14. The molecule has 160 valence electrons. The fraction of sp³-hybridized carbons (Fsp3) is 0.217. The van der Waals surface area contributed by atoms with E-state index in [1.165, 1.54) is 29.4 Å². The number of amides is 1. The summed E-state index contributed by atoms with van der Waals surface area (Å²) in [6.07, 6.45) is 0.389. The molecule has 0 saturated heterocycles. The Labute approximate surface area is 181 Å². The summed E-state index contributed by atoms with van der Waals surface area (Å²) in [7, 11) is 1.31. The van der Waals surface area contributed by atoms with E-state index in [1.807, 2.05) is 24.3 Å². The van der Waals surface area contributed by atoms with Crippen LogP contribution in [0.15, 0.2) is 53.9 Å². The molecule has 0 bridgehead atoms. The molecule has 1 aliphatic rings. The van der Waals surface area contributed by atoms with Gasteiger partial charge in [-0.3, -0.25) is 4.79 Å². The number of halogens is 2. The maximum Gasteiger partial charge on any atom is 0.328 e. The van der Waals surface area contributed by atoms with Crippen LogP contribution in [0, 0.1) is 11.6 Å². The predicted molar refractivity (Wildman–Crippen MR) is 111 cm³/mol. The van der Waals surface area contributed by atoms with Crippen molar-refractivity contribution in [3.05, 3.63) is 87.1 Å². The molecular formula is C23H19F2NO4S. The molecule has 1 amide bonds. The molecule has 0 N–H and O–H groups in total. The Hall–Kier alpha value is -3.26. The van der Waals surface area contributed by atoms with E-state index in [0.717, 1.165) is 23.3 Å². The molecule has 0 fully saturated rings. The number of fused-ring (bicyclic) bond motifs is 1. The minimum atomic E-state index is -0.792. The number of carbonyl (C=O) groups is 2. The lowest BCUT2D eigenvalue weighted by atomic mass is 9.93. The Morgan fingerprint density at radius 1 is 1.13 bits per heavy atom. The third kappa shape index (κ3) is 4.44. The Morgan fingerprint density at radius 2 is 1.90 bits per heavy atom. The first-order chi connectivity index (χ1) is 15.0. The van der Waals surface area contributed by atoms with Gasteiger partial charge in [-0.05, 0) is 34.7 Å². The molecule has 0 spiro atoms. The van der Waals surface area contributed by atoms with Crippen molar-refractivity contribution in [3.8, 4) is 5.75 Å². The van der Waals surface area contributed by atoms with E-state index in [2.05, 4.69) is 0 Å². The first-order valence-corrected chi connectivity index (χ1v) is 10.4. The van der Waals surface area contributed by atoms with Gasteiger partial charge in [0.05, 0.1) is 12.0 Å². The largest absolute Gasteiger partial charge is 0.486 e. The lowest BCUT2D eigenvalue weighted by Gasteiger charge is -2.34. The minimum Gasteiger partial charge on any atom is -0.486 e. The summed E-state index contributed by atoms with van der Waals surface area (Å²) in [5.74, 6) is -2.29. The van der Waals surface area contributed by atoms with Crippen molar-refractivity contribution in [1.29, 1.82) is 0 Å². The standard InChI is InChI=1S/C23H19F2NO4S/c1-29-23(28)19-9-15-4-2-3-5-16(15)11-26(19)22(27)21-8-14(13-31-21)12-30-20-7-6-17(24)10-18(20)25/h2-8,10,13,19H,9,11-12H2,1H3. The number of esters is 1. The summed E-state index contributed by atoms with van der Waals surface area (Å²) in [4.78, 5) is 27.5. The zero-order valence-corrected chi connectivity index (χ0v) is 17.5. The maximum atomic E-state index is 13.7. The number of benzene rings is 2. The highest BCUT2D eigenvalue weighted by Gasteiger charge is 2.36. The molecule has 4 rings (SSSR count). The molecule has 5 nitrogen and oxygen atoms in total. The first kappa shape index (κ1) is 21.0. The summed E-state index contributed by atoms with van der Waals surface area (Å²) >= 11 is 1.22. The highest BCUT2D eigenvalue weighted by atomic mass is 32.1. The van der Waals surface area contributed by atoms with E-state index in [-0.39, 0.29) is 18.3 Å². The molecular weight excluding hydrogens is 424 g/mol. The van der Waals surface area contributed by atoms with Gasteiger partial charge >= 0.3 is 5.97 Å². The molecule has 2 aromatic carbocycles. The third-order valence-corrected chi connectivity index (χ3v) is 6.10. The average Bonchev–Trinajstić information content (AvgIpc) is 3.25. The van der Waals surface area contributed by atoms with Crippen LogP contribution >= 0.6 is 11.3 Å². The van der Waals surface area contributed by atoms with Crippen LogP contribution in [0.5, 0.6) is 5.75 Å². The van der Waals surface area contributed by atoms with Crippen LogP contribution < -0.4 is 4.74 Å². The molecule has 3 aromatic rings. The first-order valence-electron chi connectivity index (χ1n) is 9.57. The van der Waals surface area contributed by atoms with Gasteiger partial charge < -0.3 is 14.4 Å². The number of hydrogen-bond donors (Lipinski definition) is 0. The number of carbonyl (C=O) groups excluding carboxylic acids is 2. The Balaban J connectivity index is 1.51. The number of hydrogen-bond acceptors (Lipinski definition) is 5. The second-order valence-corrected chi connectivity index (χ2v) is 8.04. The van der Waals surface area contributed by atoms with Crippen LogP contribution in [-0.2, 0) is 29.1 Å². The van der Waals surface area contributed by atoms with Gasteiger partial charge in [0.25, 0.3) is 5.91 Å². The molecule has 1 unspecified atom stereocenters. The number of nitrogens with zero attached hydrogens (tertiary/aromatic N) is 1. The number of rotatable bonds is 5. The second-order valence-electron chi connectivity index (χ2n) is 7.13. The van der Waals surface area contributed by atoms with Crippen LogP contribution in [0.25, 0.3) is 0 Å². The molecule has 1 aliphatic heterocycles. The zero-order chi connectivity index (χ0) is 22.0. The van der Waals surface area contributed by atoms with E-state index in [4.69, 9.17) is 9.47 Å². The van der Waals surface area contributed by atoms with Crippen molar-refractivity contribution < 1.29 is 27.8 Å². The molecule has 1 atom stereocenters. The van der Waals surface area contributed by atoms with Crippen LogP contribution in [0.1, 0.15) is 26.4 Å². The van der Waals surface area contributed by atoms with Crippen LogP contribution in [0.3, 0.4) is 0 Å². The molecule has 1 aromatic heterocycles. The van der Waals surface area contributed by atoms with Gasteiger partial charge in [-0.15, -0.1) is 11.3 Å². The number of ether oxygens (including phenoxy) is 2. The van der Waals surface area contributed by atoms with Crippen molar-refractivity contribution in [1.82, 2.24) is 4.90 Å². The topological polar surface area (TPSA) is 55.8 Å². The fourth-order valence-corrected chi connectivity index (χ4v) is 4.39. The van der Waals surface area contributed by atoms with E-state index in [9.17, 15) is 18.4 Å². The average molecular weight is 443 g/mol. The minimum absolute atomic E-state index is 0.0234. The van der Waals surface area contributed by atoms with Crippen LogP contribution in [-0.4, -0.2) is 29.9 Å². The summed E-state index contributed by atoms with van der Waals surface area (Å²) in [6.45, 7) is 0.328. The smallest absolute Gasteiger partial charge is 0.328 e. The van der Waals surface area contributed by atoms with Gasteiger partial charge in [-0.25, -0.2) is 13.6 Å². The van der Waals surface area contributed by atoms with E-state index in [1.54, 1.807) is 11.4 Å². The SMILES string of the molecule is COC(=O)C1Cc2ccccc2CN1C(=O)c1cc(COc2ccc(F)cc2F)cs1. The van der Waals surface area contributed by atoms with Gasteiger partial charge in [0.1, 0.15) is 18.5 Å². The molecule has 0 radical (unpaired) electrons. The van der Waals surface area contributed by atoms with E-state index >= 15 is 0 Å². The summed E-state index contributed by atoms with van der Waals surface area (Å²) in [5, 5.41) is 1.74. The van der Waals surface area contributed by atoms with Crippen molar-refractivity contribution >= 4 is 23.2 Å². The van der Waals surface area contributed by atoms with E-state index < -0.39 is 23.6 Å². The Bertz CT molecular complexity index is 1130. The lowest BCUT2D eigenvalue weighted by molar-refractivity contribution is -0.146. The van der Waals surface area contributed by atoms with Crippen molar-refractivity contribution in [2.45, 2.75) is 25.6 Å². The van der Waals surface area contributed by atoms with Gasteiger partial charge in [-0.2, -0.15) is 0 Å². The lowest BCUT2D eigenvalue weighted by Crippen LogP contribution is -2.49. The van der Waals surface area contributed by atoms with Crippen LogP contribution in [0.2, 0.25) is 0 Å². The summed E-state index contributed by atoms with van der Waals surface area (Å²) < 4.78 is 37.1. The Morgan fingerprint density at radius 3 is 2.65 bits per heavy atom. The van der Waals surface area contributed by atoms with Crippen LogP contribution in [0.4, 0.5) is 8.78 Å². The maximum absolute atomic E-state index is 13.7. The number of thiophene rings is 1. The summed E-state index contributed by atoms with van der Waals surface area (Å²) in [5.41, 5.74) is 2.68. The second kappa shape index (κ2) is 8.85. The fourth-order valence-electron chi connectivity index (χ4n) is 3.54. The number of methoxy groups -OCH3 is 1.